The number of fused-ring (bicyclic) bond motifs is 3. The molecule has 0 N–H and O–H groups in total. The number of rotatable bonds is 4. The summed E-state index contributed by atoms with van der Waals surface area (Å²) in [6, 6.07) is 0. The molecule has 142 valence electrons. The van der Waals surface area contributed by atoms with Gasteiger partial charge in [0.05, 0.1) is 25.0 Å². The number of aryl methyl sites for hydroxylation is 1. The fourth-order valence-corrected chi connectivity index (χ4v) is 3.99. The molecule has 0 saturated carbocycles. The van der Waals surface area contributed by atoms with Crippen molar-refractivity contribution in [1.29, 1.82) is 0 Å². The molecule has 3 atom stereocenters. The van der Waals surface area contributed by atoms with Gasteiger partial charge >= 0.3 is 5.97 Å². The number of Topliss-reactive ketones (excluding diaryl/α,β-unsaturated/α-hetero) is 1. The zero-order valence-electron chi connectivity index (χ0n) is 16.0. The van der Waals surface area contributed by atoms with Crippen LogP contribution in [0.5, 0.6) is 5.75 Å². The third kappa shape index (κ3) is 2.51. The molecule has 1 fully saturated rings. The minimum atomic E-state index is -0.421. The van der Waals surface area contributed by atoms with Crippen LogP contribution < -0.4 is 4.74 Å². The summed E-state index contributed by atoms with van der Waals surface area (Å²) in [7, 11) is 1.53. The molecular formula is C21H22O6. The second kappa shape index (κ2) is 6.23. The number of hydrogen-bond acceptors (Lipinski definition) is 6. The smallest absolute Gasteiger partial charge is 0.333 e. The van der Waals surface area contributed by atoms with Crippen LogP contribution in [-0.4, -0.2) is 31.1 Å². The first-order chi connectivity index (χ1) is 12.9. The summed E-state index contributed by atoms with van der Waals surface area (Å²) in [4.78, 5) is 25.1. The Bertz CT molecular complexity index is 996. The molecule has 27 heavy (non-hydrogen) atoms. The molecule has 0 unspecified atom stereocenters. The minimum Gasteiger partial charge on any atom is -0.492 e. The van der Waals surface area contributed by atoms with Crippen molar-refractivity contribution in [3.05, 3.63) is 40.2 Å². The predicted molar refractivity (Wildman–Crippen MR) is 98.1 cm³/mol. The number of esters is 1. The third-order valence-corrected chi connectivity index (χ3v) is 5.59. The van der Waals surface area contributed by atoms with E-state index < -0.39 is 6.10 Å². The van der Waals surface area contributed by atoms with Gasteiger partial charge in [0.25, 0.3) is 0 Å². The Labute approximate surface area is 157 Å². The number of carbonyl (C=O) groups excluding carboxylic acids is 2. The van der Waals surface area contributed by atoms with Crippen LogP contribution in [0.4, 0.5) is 0 Å². The van der Waals surface area contributed by atoms with E-state index in [9.17, 15) is 9.59 Å². The van der Waals surface area contributed by atoms with Gasteiger partial charge < -0.3 is 18.6 Å². The normalized spacial score (nSPS) is 23.8. The third-order valence-electron chi connectivity index (χ3n) is 5.59. The Morgan fingerprint density at radius 1 is 1.37 bits per heavy atom. The molecule has 0 bridgehead atoms. The second-order valence-electron chi connectivity index (χ2n) is 7.15. The molecule has 0 amide bonds. The highest BCUT2D eigenvalue weighted by molar-refractivity contribution is 6.11. The summed E-state index contributed by atoms with van der Waals surface area (Å²) in [5.41, 5.74) is 4.05. The van der Waals surface area contributed by atoms with Crippen LogP contribution >= 0.6 is 0 Å². The molecule has 2 aliphatic rings. The second-order valence-corrected chi connectivity index (χ2v) is 7.15. The van der Waals surface area contributed by atoms with Crippen molar-refractivity contribution >= 4 is 22.7 Å². The van der Waals surface area contributed by atoms with Gasteiger partial charge in [-0.2, -0.15) is 0 Å². The topological polar surface area (TPSA) is 78.3 Å². The van der Waals surface area contributed by atoms with Gasteiger partial charge in [-0.1, -0.05) is 13.0 Å². The lowest BCUT2D eigenvalue weighted by molar-refractivity contribution is -0.140. The Morgan fingerprint density at radius 3 is 2.78 bits per heavy atom. The van der Waals surface area contributed by atoms with E-state index in [0.717, 1.165) is 22.1 Å². The quantitative estimate of drug-likeness (QED) is 0.462. The van der Waals surface area contributed by atoms with Crippen molar-refractivity contribution in [2.24, 2.45) is 0 Å². The molecule has 6 heteroatoms. The van der Waals surface area contributed by atoms with E-state index in [4.69, 9.17) is 18.6 Å². The van der Waals surface area contributed by atoms with Crippen molar-refractivity contribution in [3.8, 4) is 5.75 Å². The van der Waals surface area contributed by atoms with Crippen molar-refractivity contribution < 1.29 is 28.2 Å². The number of epoxide rings is 1. The number of furan rings is 1. The van der Waals surface area contributed by atoms with Crippen molar-refractivity contribution in [2.45, 2.75) is 52.4 Å². The Balaban J connectivity index is 1.93. The number of hydrogen-bond donors (Lipinski definition) is 0. The number of carbonyl (C=O) groups is 2. The van der Waals surface area contributed by atoms with E-state index >= 15 is 0 Å². The van der Waals surface area contributed by atoms with Crippen LogP contribution in [0.1, 0.15) is 53.7 Å². The Hall–Kier alpha value is -2.60. The lowest BCUT2D eigenvalue weighted by Crippen LogP contribution is -2.26. The SMILES string of the molecule is C/C=C(/C)C(=O)OCc1c2c(c(OC)c3occ(C)c13)C(=O)[C@H]1O[C@H]1[C@@H]2C. The van der Waals surface area contributed by atoms with Crippen molar-refractivity contribution in [2.75, 3.05) is 7.11 Å². The van der Waals surface area contributed by atoms with E-state index in [1.54, 1.807) is 26.2 Å². The molecule has 6 nitrogen and oxygen atoms in total. The van der Waals surface area contributed by atoms with Crippen molar-refractivity contribution in [3.63, 3.8) is 0 Å². The molecule has 2 aromatic rings. The summed E-state index contributed by atoms with van der Waals surface area (Å²) in [5, 5.41) is 0.829. The summed E-state index contributed by atoms with van der Waals surface area (Å²) in [6.07, 6.45) is 2.79. The standard InChI is InChI=1S/C21H22O6/c1-6-9(2)21(23)26-8-12-13-10(3)7-25-19(13)18(24-5)15-14(12)11(4)17-20(27-17)16(15)22/h6-7,11,17,20H,8H2,1-5H3/b9-6-/t11-,17+,20-/m1/s1. The molecule has 2 heterocycles. The largest absolute Gasteiger partial charge is 0.492 e. The van der Waals surface area contributed by atoms with Gasteiger partial charge in [-0.3, -0.25) is 4.79 Å². The molecule has 1 aromatic carbocycles. The molecule has 1 aliphatic heterocycles. The van der Waals surface area contributed by atoms with Crippen molar-refractivity contribution in [1.82, 2.24) is 0 Å². The van der Waals surface area contributed by atoms with Gasteiger partial charge in [0.1, 0.15) is 12.7 Å². The highest BCUT2D eigenvalue weighted by Crippen LogP contribution is 2.51. The average molecular weight is 370 g/mol. The van der Waals surface area contributed by atoms with E-state index in [2.05, 4.69) is 0 Å². The molecule has 4 rings (SSSR count). The van der Waals surface area contributed by atoms with Gasteiger partial charge in [-0.25, -0.2) is 4.79 Å². The lowest BCUT2D eigenvalue weighted by atomic mass is 9.78. The minimum absolute atomic E-state index is 0.00758. The first-order valence-electron chi connectivity index (χ1n) is 9.00. The number of ketones is 1. The molecule has 1 aliphatic carbocycles. The highest BCUT2D eigenvalue weighted by Gasteiger charge is 2.55. The molecular weight excluding hydrogens is 348 g/mol. The average Bonchev–Trinajstić information content (AvgIpc) is 3.39. The van der Waals surface area contributed by atoms with Crippen LogP contribution in [0.25, 0.3) is 11.0 Å². The first-order valence-corrected chi connectivity index (χ1v) is 9.00. The summed E-state index contributed by atoms with van der Waals surface area (Å²) in [6.45, 7) is 7.50. The van der Waals surface area contributed by atoms with Crippen LogP contribution in [0.15, 0.2) is 22.3 Å². The number of benzene rings is 1. The van der Waals surface area contributed by atoms with Gasteiger partial charge in [0.15, 0.2) is 17.1 Å². The number of allylic oxidation sites excluding steroid dienone is 1. The number of methoxy groups -OCH3 is 1. The van der Waals surface area contributed by atoms with E-state index in [-0.39, 0.29) is 30.4 Å². The Kier molecular flexibility index (Phi) is 4.11. The maximum absolute atomic E-state index is 12.9. The summed E-state index contributed by atoms with van der Waals surface area (Å²) >= 11 is 0. The van der Waals surface area contributed by atoms with E-state index in [1.807, 2.05) is 13.8 Å². The van der Waals surface area contributed by atoms with E-state index in [1.165, 1.54) is 7.11 Å². The van der Waals surface area contributed by atoms with Gasteiger partial charge in [0, 0.05) is 22.4 Å². The molecule has 1 saturated heterocycles. The monoisotopic (exact) mass is 370 g/mol. The molecule has 1 aromatic heterocycles. The van der Waals surface area contributed by atoms with Crippen LogP contribution in [-0.2, 0) is 20.9 Å². The maximum atomic E-state index is 12.9. The first kappa shape index (κ1) is 17.8. The number of ether oxygens (including phenoxy) is 3. The summed E-state index contributed by atoms with van der Waals surface area (Å²) in [5.74, 6) is -0.0600. The van der Waals surface area contributed by atoms with Crippen LogP contribution in [0, 0.1) is 6.92 Å². The van der Waals surface area contributed by atoms with Gasteiger partial charge in [0.2, 0.25) is 0 Å². The molecule has 0 spiro atoms. The highest BCUT2D eigenvalue weighted by atomic mass is 16.6. The fourth-order valence-electron chi connectivity index (χ4n) is 3.99. The lowest BCUT2D eigenvalue weighted by Gasteiger charge is -2.24. The zero-order valence-corrected chi connectivity index (χ0v) is 16.0. The van der Waals surface area contributed by atoms with Gasteiger partial charge in [-0.15, -0.1) is 0 Å². The maximum Gasteiger partial charge on any atom is 0.333 e. The van der Waals surface area contributed by atoms with Crippen LogP contribution in [0.3, 0.4) is 0 Å². The van der Waals surface area contributed by atoms with Gasteiger partial charge in [-0.05, 0) is 31.9 Å². The zero-order chi connectivity index (χ0) is 19.5. The predicted octanol–water partition coefficient (Wildman–Crippen LogP) is 3.83. The fraction of sp³-hybridized carbons (Fsp3) is 0.429. The Morgan fingerprint density at radius 2 is 2.11 bits per heavy atom. The summed E-state index contributed by atoms with van der Waals surface area (Å²) < 4.78 is 22.4. The van der Waals surface area contributed by atoms with E-state index in [0.29, 0.717) is 22.5 Å². The molecule has 0 radical (unpaired) electrons. The van der Waals surface area contributed by atoms with Crippen LogP contribution in [0.2, 0.25) is 0 Å².